The van der Waals surface area contributed by atoms with Crippen LogP contribution in [0.3, 0.4) is 0 Å². The van der Waals surface area contributed by atoms with Crippen LogP contribution in [-0.2, 0) is 17.9 Å². The van der Waals surface area contributed by atoms with Crippen molar-refractivity contribution in [3.8, 4) is 0 Å². The number of aromatic nitrogens is 3. The summed E-state index contributed by atoms with van der Waals surface area (Å²) in [6, 6.07) is 4.47. The van der Waals surface area contributed by atoms with Crippen molar-refractivity contribution in [3.63, 3.8) is 0 Å². The molecule has 0 aliphatic carbocycles. The molecule has 2 aliphatic heterocycles. The van der Waals surface area contributed by atoms with Crippen LogP contribution in [0.2, 0.25) is 0 Å². The Morgan fingerprint density at radius 1 is 1.32 bits per heavy atom. The maximum Gasteiger partial charge on any atom is 0.0736 e. The molecule has 1 spiro atoms. The lowest BCUT2D eigenvalue weighted by atomic mass is 9.92. The third kappa shape index (κ3) is 3.91. The second-order valence-electron chi connectivity index (χ2n) is 7.56. The number of nitrogens with zero attached hydrogens (tertiary/aromatic N) is 4. The summed E-state index contributed by atoms with van der Waals surface area (Å²) in [5.74, 6) is 1.11. The van der Waals surface area contributed by atoms with Gasteiger partial charge >= 0.3 is 0 Å². The van der Waals surface area contributed by atoms with E-state index < -0.39 is 0 Å². The lowest BCUT2D eigenvalue weighted by Gasteiger charge is -2.47. The first-order valence-electron chi connectivity index (χ1n) is 9.02. The maximum atomic E-state index is 6.11. The summed E-state index contributed by atoms with van der Waals surface area (Å²) in [6.45, 7) is 8.34. The maximum absolute atomic E-state index is 6.11. The molecule has 2 aromatic rings. The second-order valence-corrected chi connectivity index (χ2v) is 9.05. The molecule has 0 unspecified atom stereocenters. The standard InChI is InChI=1S/C19H26N4OS/c1-15(2)23-10-17(8-21-23)9-22-13-19(14-22)6-18(12-25-19)24-11-16-4-3-5-20-7-16/h3-5,7-8,10,15,18H,6,9,11-14H2,1-2H3/t18-/m1/s1. The summed E-state index contributed by atoms with van der Waals surface area (Å²) in [6.07, 6.45) is 9.41. The quantitative estimate of drug-likeness (QED) is 0.794. The average molecular weight is 359 g/mol. The Labute approximate surface area is 153 Å². The fourth-order valence-electron chi connectivity index (χ4n) is 3.71. The molecule has 2 fully saturated rings. The topological polar surface area (TPSA) is 43.2 Å². The molecule has 2 aliphatic rings. The van der Waals surface area contributed by atoms with Crippen molar-refractivity contribution in [2.45, 2.75) is 50.3 Å². The van der Waals surface area contributed by atoms with Gasteiger partial charge in [0.15, 0.2) is 0 Å². The van der Waals surface area contributed by atoms with E-state index in [0.717, 1.165) is 31.0 Å². The molecule has 0 amide bonds. The van der Waals surface area contributed by atoms with Crippen LogP contribution in [0.15, 0.2) is 36.9 Å². The number of hydrogen-bond donors (Lipinski definition) is 0. The van der Waals surface area contributed by atoms with E-state index in [1.807, 2.05) is 23.1 Å². The van der Waals surface area contributed by atoms with E-state index in [4.69, 9.17) is 4.74 Å². The van der Waals surface area contributed by atoms with Crippen molar-refractivity contribution in [2.24, 2.45) is 0 Å². The van der Waals surface area contributed by atoms with Gasteiger partial charge in [-0.2, -0.15) is 5.10 Å². The number of ether oxygens (including phenoxy) is 1. The minimum absolute atomic E-state index is 0.371. The highest BCUT2D eigenvalue weighted by Crippen LogP contribution is 2.46. The first kappa shape index (κ1) is 17.1. The number of hydrogen-bond acceptors (Lipinski definition) is 5. The van der Waals surface area contributed by atoms with Crippen molar-refractivity contribution in [3.05, 3.63) is 48.0 Å². The Balaban J connectivity index is 1.23. The monoisotopic (exact) mass is 358 g/mol. The van der Waals surface area contributed by atoms with E-state index in [1.165, 1.54) is 12.0 Å². The van der Waals surface area contributed by atoms with E-state index in [2.05, 4.69) is 52.9 Å². The van der Waals surface area contributed by atoms with Gasteiger partial charge < -0.3 is 4.74 Å². The van der Waals surface area contributed by atoms with Gasteiger partial charge in [-0.3, -0.25) is 14.6 Å². The van der Waals surface area contributed by atoms with Gasteiger partial charge in [-0.15, -0.1) is 11.8 Å². The number of likely N-dealkylation sites (tertiary alicyclic amines) is 1. The van der Waals surface area contributed by atoms with Crippen LogP contribution in [0.25, 0.3) is 0 Å². The molecule has 0 radical (unpaired) electrons. The molecule has 1 atom stereocenters. The van der Waals surface area contributed by atoms with Crippen molar-refractivity contribution in [2.75, 3.05) is 18.8 Å². The van der Waals surface area contributed by atoms with E-state index in [1.54, 1.807) is 6.20 Å². The van der Waals surface area contributed by atoms with Crippen molar-refractivity contribution in [1.29, 1.82) is 0 Å². The van der Waals surface area contributed by atoms with Crippen LogP contribution in [0, 0.1) is 0 Å². The van der Waals surface area contributed by atoms with Crippen LogP contribution in [0.5, 0.6) is 0 Å². The predicted molar refractivity (Wildman–Crippen MR) is 101 cm³/mol. The van der Waals surface area contributed by atoms with Crippen LogP contribution in [0.4, 0.5) is 0 Å². The summed E-state index contributed by atoms with van der Waals surface area (Å²) < 4.78 is 8.56. The lowest BCUT2D eigenvalue weighted by Crippen LogP contribution is -2.58. The van der Waals surface area contributed by atoms with Gasteiger partial charge in [0.25, 0.3) is 0 Å². The van der Waals surface area contributed by atoms with Crippen molar-refractivity contribution < 1.29 is 4.74 Å². The first-order valence-corrected chi connectivity index (χ1v) is 10.0. The zero-order valence-corrected chi connectivity index (χ0v) is 15.8. The molecular formula is C19H26N4OS. The summed E-state index contributed by atoms with van der Waals surface area (Å²) >= 11 is 2.10. The van der Waals surface area contributed by atoms with Gasteiger partial charge in [0.05, 0.1) is 18.9 Å². The zero-order valence-electron chi connectivity index (χ0n) is 15.0. The van der Waals surface area contributed by atoms with E-state index in [0.29, 0.717) is 23.5 Å². The summed E-state index contributed by atoms with van der Waals surface area (Å²) in [5.41, 5.74) is 2.47. The van der Waals surface area contributed by atoms with Crippen molar-refractivity contribution in [1.82, 2.24) is 19.7 Å². The molecule has 2 saturated heterocycles. The van der Waals surface area contributed by atoms with Crippen molar-refractivity contribution >= 4 is 11.8 Å². The van der Waals surface area contributed by atoms with Gasteiger partial charge in [-0.25, -0.2) is 0 Å². The van der Waals surface area contributed by atoms with Crippen LogP contribution >= 0.6 is 11.8 Å². The van der Waals surface area contributed by atoms with Crippen LogP contribution in [0.1, 0.15) is 37.4 Å². The SMILES string of the molecule is CC(C)n1cc(CN2CC3(C[C@@H](OCc4cccnc4)CS3)C2)cn1. The first-order chi connectivity index (χ1) is 12.1. The number of rotatable bonds is 6. The second kappa shape index (κ2) is 7.09. The Kier molecular flexibility index (Phi) is 4.84. The van der Waals surface area contributed by atoms with E-state index in [9.17, 15) is 0 Å². The molecule has 0 N–H and O–H groups in total. The molecular weight excluding hydrogens is 332 g/mol. The van der Waals surface area contributed by atoms with E-state index in [-0.39, 0.29) is 0 Å². The van der Waals surface area contributed by atoms with Gasteiger partial charge in [0.1, 0.15) is 0 Å². The highest BCUT2D eigenvalue weighted by atomic mass is 32.2. The molecule has 6 heteroatoms. The number of thioether (sulfide) groups is 1. The molecule has 25 heavy (non-hydrogen) atoms. The molecule has 2 aromatic heterocycles. The van der Waals surface area contributed by atoms with Gasteiger partial charge in [0, 0.05) is 60.3 Å². The molecule has 134 valence electrons. The Morgan fingerprint density at radius 2 is 2.20 bits per heavy atom. The predicted octanol–water partition coefficient (Wildman–Crippen LogP) is 3.14. The number of pyridine rings is 1. The normalized spacial score (nSPS) is 22.6. The summed E-state index contributed by atoms with van der Waals surface area (Å²) in [7, 11) is 0. The average Bonchev–Trinajstić information content (AvgIpc) is 3.21. The lowest BCUT2D eigenvalue weighted by molar-refractivity contribution is 0.0263. The third-order valence-electron chi connectivity index (χ3n) is 5.00. The Hall–Kier alpha value is -1.37. The fourth-order valence-corrected chi connectivity index (χ4v) is 5.31. The molecule has 0 bridgehead atoms. The van der Waals surface area contributed by atoms with Gasteiger partial charge in [-0.05, 0) is 31.9 Å². The van der Waals surface area contributed by atoms with Gasteiger partial charge in [0.2, 0.25) is 0 Å². The molecule has 4 rings (SSSR count). The van der Waals surface area contributed by atoms with Crippen LogP contribution in [-0.4, -0.2) is 49.4 Å². The minimum Gasteiger partial charge on any atom is -0.373 e. The molecule has 0 saturated carbocycles. The zero-order chi connectivity index (χ0) is 17.3. The summed E-state index contributed by atoms with van der Waals surface area (Å²) in [4.78, 5) is 6.68. The highest BCUT2D eigenvalue weighted by Gasteiger charge is 2.49. The van der Waals surface area contributed by atoms with Gasteiger partial charge in [-0.1, -0.05) is 6.07 Å². The molecule has 5 nitrogen and oxygen atoms in total. The smallest absolute Gasteiger partial charge is 0.0736 e. The summed E-state index contributed by atoms with van der Waals surface area (Å²) in [5, 5.41) is 4.44. The fraction of sp³-hybridized carbons (Fsp3) is 0.579. The largest absolute Gasteiger partial charge is 0.373 e. The Morgan fingerprint density at radius 3 is 2.92 bits per heavy atom. The van der Waals surface area contributed by atoms with E-state index >= 15 is 0 Å². The molecule has 0 aromatic carbocycles. The minimum atomic E-state index is 0.371. The highest BCUT2D eigenvalue weighted by molar-refractivity contribution is 8.01. The molecule has 4 heterocycles. The third-order valence-corrected chi connectivity index (χ3v) is 6.57. The van der Waals surface area contributed by atoms with Crippen LogP contribution < -0.4 is 0 Å². The Bertz CT molecular complexity index is 696.